The fraction of sp³-hybridized carbons (Fsp3) is 1.00. The van der Waals surface area contributed by atoms with Crippen LogP contribution < -0.4 is 5.32 Å². The van der Waals surface area contributed by atoms with Crippen LogP contribution in [0.5, 0.6) is 0 Å². The third-order valence-corrected chi connectivity index (χ3v) is 2.54. The maximum Gasteiger partial charge on any atom is 0.0826 e. The van der Waals surface area contributed by atoms with Crippen LogP contribution in [0, 0.1) is 5.92 Å². The average Bonchev–Trinajstić information content (AvgIpc) is 2.19. The van der Waals surface area contributed by atoms with Crippen LogP contribution in [0.1, 0.15) is 6.92 Å². The van der Waals surface area contributed by atoms with Crippen LogP contribution in [-0.2, 0) is 4.74 Å². The number of morpholine rings is 1. The molecule has 1 saturated heterocycles. The van der Waals surface area contributed by atoms with E-state index >= 15 is 0 Å². The van der Waals surface area contributed by atoms with Crippen LogP contribution in [0.3, 0.4) is 0 Å². The summed E-state index contributed by atoms with van der Waals surface area (Å²) in [5, 5.41) is 12.1. The molecule has 0 saturated carbocycles. The van der Waals surface area contributed by atoms with Gasteiger partial charge in [0.25, 0.3) is 0 Å². The number of hydrogen-bond donors (Lipinski definition) is 2. The molecule has 4 heteroatoms. The smallest absolute Gasteiger partial charge is 0.0826 e. The average molecular weight is 202 g/mol. The van der Waals surface area contributed by atoms with Gasteiger partial charge in [0.2, 0.25) is 0 Å². The number of rotatable bonds is 5. The molecule has 1 heterocycles. The van der Waals surface area contributed by atoms with Crippen molar-refractivity contribution < 1.29 is 9.84 Å². The predicted octanol–water partition coefficient (Wildman–Crippen LogP) is -0.465. The first kappa shape index (κ1) is 11.9. The van der Waals surface area contributed by atoms with Crippen molar-refractivity contribution in [2.75, 3.05) is 46.4 Å². The Balaban J connectivity index is 2.25. The minimum absolute atomic E-state index is 0.272. The SMILES string of the molecule is CNCC1CN(CC(C)CO)CCO1. The molecule has 2 atom stereocenters. The molecule has 14 heavy (non-hydrogen) atoms. The van der Waals surface area contributed by atoms with Crippen LogP contribution in [0.15, 0.2) is 0 Å². The Labute approximate surface area is 86.2 Å². The summed E-state index contributed by atoms with van der Waals surface area (Å²) in [6, 6.07) is 0. The lowest BCUT2D eigenvalue weighted by Crippen LogP contribution is -2.47. The Morgan fingerprint density at radius 1 is 1.64 bits per heavy atom. The van der Waals surface area contributed by atoms with Crippen molar-refractivity contribution in [3.05, 3.63) is 0 Å². The van der Waals surface area contributed by atoms with Gasteiger partial charge in [0.1, 0.15) is 0 Å². The van der Waals surface area contributed by atoms with E-state index in [-0.39, 0.29) is 6.61 Å². The summed E-state index contributed by atoms with van der Waals surface area (Å²) in [7, 11) is 1.94. The zero-order valence-corrected chi connectivity index (χ0v) is 9.20. The molecule has 0 spiro atoms. The largest absolute Gasteiger partial charge is 0.396 e. The summed E-state index contributed by atoms with van der Waals surface area (Å²) in [5.41, 5.74) is 0. The number of aliphatic hydroxyl groups excluding tert-OH is 1. The van der Waals surface area contributed by atoms with Crippen molar-refractivity contribution in [3.8, 4) is 0 Å². The van der Waals surface area contributed by atoms with Crippen LogP contribution in [0.2, 0.25) is 0 Å². The van der Waals surface area contributed by atoms with Gasteiger partial charge in [-0.25, -0.2) is 0 Å². The van der Waals surface area contributed by atoms with Gasteiger partial charge < -0.3 is 15.2 Å². The lowest BCUT2D eigenvalue weighted by Gasteiger charge is -2.34. The number of likely N-dealkylation sites (N-methyl/N-ethyl adjacent to an activating group) is 1. The van der Waals surface area contributed by atoms with E-state index in [1.165, 1.54) is 0 Å². The number of hydrogen-bond acceptors (Lipinski definition) is 4. The highest BCUT2D eigenvalue weighted by Gasteiger charge is 2.20. The Morgan fingerprint density at radius 3 is 3.07 bits per heavy atom. The van der Waals surface area contributed by atoms with Gasteiger partial charge in [-0.1, -0.05) is 6.92 Å². The summed E-state index contributed by atoms with van der Waals surface area (Å²) in [6.07, 6.45) is 0.305. The minimum atomic E-state index is 0.272. The molecular formula is C10H22N2O2. The molecule has 1 rings (SSSR count). The lowest BCUT2D eigenvalue weighted by atomic mass is 10.1. The van der Waals surface area contributed by atoms with Gasteiger partial charge in [-0.3, -0.25) is 4.90 Å². The van der Waals surface area contributed by atoms with E-state index in [2.05, 4.69) is 17.1 Å². The highest BCUT2D eigenvalue weighted by molar-refractivity contribution is 4.73. The standard InChI is InChI=1S/C10H22N2O2/c1-9(8-13)6-12-3-4-14-10(7-12)5-11-2/h9-11,13H,3-8H2,1-2H3. The highest BCUT2D eigenvalue weighted by atomic mass is 16.5. The highest BCUT2D eigenvalue weighted by Crippen LogP contribution is 2.07. The summed E-state index contributed by atoms with van der Waals surface area (Å²) < 4.78 is 5.60. The maximum absolute atomic E-state index is 8.96. The van der Waals surface area contributed by atoms with E-state index in [0.29, 0.717) is 12.0 Å². The van der Waals surface area contributed by atoms with Crippen LogP contribution in [-0.4, -0.2) is 62.6 Å². The quantitative estimate of drug-likeness (QED) is 0.633. The molecule has 2 unspecified atom stereocenters. The molecular weight excluding hydrogens is 180 g/mol. The summed E-state index contributed by atoms with van der Waals surface area (Å²) in [5.74, 6) is 0.364. The van der Waals surface area contributed by atoms with Crippen molar-refractivity contribution >= 4 is 0 Å². The molecule has 1 fully saturated rings. The molecule has 0 aromatic heterocycles. The third kappa shape index (κ3) is 3.92. The molecule has 1 aliphatic rings. The molecule has 0 aromatic carbocycles. The third-order valence-electron chi connectivity index (χ3n) is 2.54. The van der Waals surface area contributed by atoms with Gasteiger partial charge in [-0.05, 0) is 13.0 Å². The van der Waals surface area contributed by atoms with E-state index in [1.807, 2.05) is 7.05 Å². The second kappa shape index (κ2) is 6.35. The molecule has 0 bridgehead atoms. The number of aliphatic hydroxyl groups is 1. The van der Waals surface area contributed by atoms with E-state index in [0.717, 1.165) is 32.8 Å². The predicted molar refractivity (Wildman–Crippen MR) is 56.4 cm³/mol. The summed E-state index contributed by atoms with van der Waals surface area (Å²) >= 11 is 0. The van der Waals surface area contributed by atoms with Crippen molar-refractivity contribution in [2.45, 2.75) is 13.0 Å². The first-order chi connectivity index (χ1) is 6.76. The summed E-state index contributed by atoms with van der Waals surface area (Å²) in [6.45, 7) is 7.00. The van der Waals surface area contributed by atoms with Crippen molar-refractivity contribution in [1.29, 1.82) is 0 Å². The molecule has 0 aromatic rings. The van der Waals surface area contributed by atoms with Gasteiger partial charge in [-0.2, -0.15) is 0 Å². The second-order valence-electron chi connectivity index (χ2n) is 4.10. The fourth-order valence-corrected chi connectivity index (χ4v) is 1.80. The number of nitrogens with zero attached hydrogens (tertiary/aromatic N) is 1. The van der Waals surface area contributed by atoms with E-state index in [1.54, 1.807) is 0 Å². The van der Waals surface area contributed by atoms with Crippen molar-refractivity contribution in [2.24, 2.45) is 5.92 Å². The van der Waals surface area contributed by atoms with Crippen LogP contribution in [0.4, 0.5) is 0 Å². The zero-order chi connectivity index (χ0) is 10.4. The van der Waals surface area contributed by atoms with Gasteiger partial charge in [0, 0.05) is 32.8 Å². The Bertz CT molecular complexity index is 153. The molecule has 0 aliphatic carbocycles. The van der Waals surface area contributed by atoms with Crippen molar-refractivity contribution in [3.63, 3.8) is 0 Å². The normalized spacial score (nSPS) is 26.4. The van der Waals surface area contributed by atoms with E-state index < -0.39 is 0 Å². The number of nitrogens with one attached hydrogen (secondary N) is 1. The van der Waals surface area contributed by atoms with E-state index in [4.69, 9.17) is 9.84 Å². The molecule has 0 amide bonds. The lowest BCUT2D eigenvalue weighted by molar-refractivity contribution is -0.0321. The molecule has 4 nitrogen and oxygen atoms in total. The van der Waals surface area contributed by atoms with E-state index in [9.17, 15) is 0 Å². The minimum Gasteiger partial charge on any atom is -0.396 e. The van der Waals surface area contributed by atoms with Gasteiger partial charge in [-0.15, -0.1) is 0 Å². The molecule has 2 N–H and O–H groups in total. The van der Waals surface area contributed by atoms with Gasteiger partial charge >= 0.3 is 0 Å². The monoisotopic (exact) mass is 202 g/mol. The maximum atomic E-state index is 8.96. The van der Waals surface area contributed by atoms with Gasteiger partial charge in [0.15, 0.2) is 0 Å². The molecule has 1 aliphatic heterocycles. The first-order valence-electron chi connectivity index (χ1n) is 5.35. The fourth-order valence-electron chi connectivity index (χ4n) is 1.80. The zero-order valence-electron chi connectivity index (χ0n) is 9.20. The van der Waals surface area contributed by atoms with Crippen LogP contribution >= 0.6 is 0 Å². The second-order valence-corrected chi connectivity index (χ2v) is 4.10. The topological polar surface area (TPSA) is 44.7 Å². The van der Waals surface area contributed by atoms with Crippen molar-refractivity contribution in [1.82, 2.24) is 10.2 Å². The van der Waals surface area contributed by atoms with Gasteiger partial charge in [0.05, 0.1) is 12.7 Å². The summed E-state index contributed by atoms with van der Waals surface area (Å²) in [4.78, 5) is 2.37. The molecule has 84 valence electrons. The molecule has 0 radical (unpaired) electrons. The Morgan fingerprint density at radius 2 is 2.43 bits per heavy atom. The Hall–Kier alpha value is -0.160. The first-order valence-corrected chi connectivity index (χ1v) is 5.35. The Kier molecular flexibility index (Phi) is 5.40. The number of ether oxygens (including phenoxy) is 1. The van der Waals surface area contributed by atoms with Crippen LogP contribution in [0.25, 0.3) is 0 Å².